The van der Waals surface area contributed by atoms with Crippen LogP contribution in [0.25, 0.3) is 11.3 Å². The average molecular weight is 353 g/mol. The Kier molecular flexibility index (Phi) is 6.42. The summed E-state index contributed by atoms with van der Waals surface area (Å²) in [6.45, 7) is 4.64. The molecule has 0 unspecified atom stereocenters. The van der Waals surface area contributed by atoms with Gasteiger partial charge < -0.3 is 14.5 Å². The Morgan fingerprint density at radius 3 is 2.95 bits per heavy atom. The van der Waals surface area contributed by atoms with Crippen LogP contribution in [0.4, 0.5) is 0 Å². The van der Waals surface area contributed by atoms with Gasteiger partial charge in [-0.15, -0.1) is 0 Å². The van der Waals surface area contributed by atoms with Crippen LogP contribution in [0, 0.1) is 6.92 Å². The minimum atomic E-state index is 0.742. The molecular formula is C16H21BrN2O2. The van der Waals surface area contributed by atoms with Crippen LogP contribution in [0.1, 0.15) is 17.9 Å². The molecule has 0 amide bonds. The van der Waals surface area contributed by atoms with Gasteiger partial charge in [-0.25, -0.2) is 4.98 Å². The van der Waals surface area contributed by atoms with Crippen molar-refractivity contribution in [2.24, 2.45) is 0 Å². The Labute approximate surface area is 134 Å². The van der Waals surface area contributed by atoms with E-state index in [1.807, 2.05) is 12.3 Å². The van der Waals surface area contributed by atoms with Crippen molar-refractivity contribution in [3.8, 4) is 11.3 Å². The number of hydrogen-bond donors (Lipinski definition) is 1. The Morgan fingerprint density at radius 1 is 1.33 bits per heavy atom. The van der Waals surface area contributed by atoms with Gasteiger partial charge in [0.1, 0.15) is 0 Å². The second-order valence-corrected chi connectivity index (χ2v) is 5.84. The summed E-state index contributed by atoms with van der Waals surface area (Å²) in [5.74, 6) is 1.63. The Morgan fingerprint density at radius 2 is 2.19 bits per heavy atom. The summed E-state index contributed by atoms with van der Waals surface area (Å²) in [7, 11) is 1.71. The van der Waals surface area contributed by atoms with Gasteiger partial charge >= 0.3 is 0 Å². The van der Waals surface area contributed by atoms with E-state index in [1.54, 1.807) is 7.11 Å². The number of benzene rings is 1. The predicted octanol–water partition coefficient (Wildman–Crippen LogP) is 3.58. The third-order valence-corrected chi connectivity index (χ3v) is 3.73. The molecule has 0 bridgehead atoms. The smallest absolute Gasteiger partial charge is 0.194 e. The Balaban J connectivity index is 1.86. The molecule has 0 aliphatic carbocycles. The average Bonchev–Trinajstić information content (AvgIpc) is 2.91. The summed E-state index contributed by atoms with van der Waals surface area (Å²) in [4.78, 5) is 4.36. The van der Waals surface area contributed by atoms with Crippen molar-refractivity contribution < 1.29 is 9.15 Å². The van der Waals surface area contributed by atoms with E-state index < -0.39 is 0 Å². The van der Waals surface area contributed by atoms with Crippen molar-refractivity contribution in [2.75, 3.05) is 26.8 Å². The van der Waals surface area contributed by atoms with Crippen molar-refractivity contribution in [3.05, 3.63) is 40.3 Å². The first-order valence-electron chi connectivity index (χ1n) is 7.11. The number of ether oxygens (including phenoxy) is 1. The molecule has 0 fully saturated rings. The van der Waals surface area contributed by atoms with Gasteiger partial charge in [-0.05, 0) is 43.7 Å². The summed E-state index contributed by atoms with van der Waals surface area (Å²) in [5.41, 5.74) is 2.27. The van der Waals surface area contributed by atoms with E-state index in [0.29, 0.717) is 0 Å². The topological polar surface area (TPSA) is 47.3 Å². The minimum absolute atomic E-state index is 0.742. The molecule has 5 heteroatoms. The van der Waals surface area contributed by atoms with E-state index in [0.717, 1.165) is 54.2 Å². The van der Waals surface area contributed by atoms with Crippen LogP contribution in [-0.4, -0.2) is 31.8 Å². The molecule has 1 heterocycles. The highest BCUT2D eigenvalue weighted by Gasteiger charge is 2.09. The number of methoxy groups -OCH3 is 1. The van der Waals surface area contributed by atoms with Gasteiger partial charge in [0, 0.05) is 30.1 Å². The number of nitrogens with one attached hydrogen (secondary N) is 1. The van der Waals surface area contributed by atoms with Crippen LogP contribution in [0.15, 0.2) is 33.3 Å². The summed E-state index contributed by atoms with van der Waals surface area (Å²) >= 11 is 3.47. The van der Waals surface area contributed by atoms with Crippen LogP contribution >= 0.6 is 15.9 Å². The molecule has 1 aromatic heterocycles. The van der Waals surface area contributed by atoms with Crippen molar-refractivity contribution in [3.63, 3.8) is 0 Å². The van der Waals surface area contributed by atoms with E-state index >= 15 is 0 Å². The van der Waals surface area contributed by atoms with Gasteiger partial charge in [0.2, 0.25) is 0 Å². The zero-order valence-corrected chi connectivity index (χ0v) is 14.1. The Bertz CT molecular complexity index is 569. The highest BCUT2D eigenvalue weighted by Crippen LogP contribution is 2.26. The number of aryl methyl sites for hydroxylation is 2. The molecule has 0 aliphatic rings. The first-order valence-corrected chi connectivity index (χ1v) is 7.91. The van der Waals surface area contributed by atoms with Gasteiger partial charge in [0.25, 0.3) is 0 Å². The molecule has 114 valence electrons. The monoisotopic (exact) mass is 352 g/mol. The van der Waals surface area contributed by atoms with Crippen LogP contribution in [-0.2, 0) is 11.2 Å². The van der Waals surface area contributed by atoms with Crippen LogP contribution < -0.4 is 5.32 Å². The lowest BCUT2D eigenvalue weighted by atomic mass is 10.1. The fraction of sp³-hybridized carbons (Fsp3) is 0.438. The lowest BCUT2D eigenvalue weighted by Crippen LogP contribution is -2.20. The van der Waals surface area contributed by atoms with E-state index in [2.05, 4.69) is 45.3 Å². The molecule has 0 atom stereocenters. The number of oxazole rings is 1. The quantitative estimate of drug-likeness (QED) is 0.737. The summed E-state index contributed by atoms with van der Waals surface area (Å²) in [6, 6.07) is 6.15. The SMILES string of the molecule is COCCNCCCc1ncc(-c2ccc(Br)cc2C)o1. The molecule has 2 rings (SSSR count). The molecule has 1 N–H and O–H groups in total. The summed E-state index contributed by atoms with van der Waals surface area (Å²) < 4.78 is 11.9. The standard InChI is InChI=1S/C16H21BrN2O2/c1-12-10-13(17)5-6-14(12)15-11-19-16(21-15)4-3-7-18-8-9-20-2/h5-6,10-11,18H,3-4,7-9H2,1-2H3. The summed E-state index contributed by atoms with van der Waals surface area (Å²) in [5, 5.41) is 3.31. The first kappa shape index (κ1) is 16.2. The molecule has 1 aromatic carbocycles. The van der Waals surface area contributed by atoms with Crippen molar-refractivity contribution in [1.29, 1.82) is 0 Å². The molecule has 21 heavy (non-hydrogen) atoms. The first-order chi connectivity index (χ1) is 10.2. The maximum absolute atomic E-state index is 5.84. The molecule has 4 nitrogen and oxygen atoms in total. The van der Waals surface area contributed by atoms with Gasteiger partial charge in [-0.1, -0.05) is 15.9 Å². The van der Waals surface area contributed by atoms with E-state index in [4.69, 9.17) is 9.15 Å². The van der Waals surface area contributed by atoms with Crippen LogP contribution in [0.5, 0.6) is 0 Å². The third kappa shape index (κ3) is 4.95. The largest absolute Gasteiger partial charge is 0.441 e. The van der Waals surface area contributed by atoms with Crippen LogP contribution in [0.3, 0.4) is 0 Å². The number of rotatable bonds is 8. The maximum Gasteiger partial charge on any atom is 0.194 e. The molecular weight excluding hydrogens is 332 g/mol. The molecule has 0 aliphatic heterocycles. The predicted molar refractivity (Wildman–Crippen MR) is 87.4 cm³/mol. The lowest BCUT2D eigenvalue weighted by Gasteiger charge is -2.03. The molecule has 2 aromatic rings. The van der Waals surface area contributed by atoms with Gasteiger partial charge in [0.05, 0.1) is 12.8 Å². The lowest BCUT2D eigenvalue weighted by molar-refractivity contribution is 0.199. The second kappa shape index (κ2) is 8.32. The normalized spacial score (nSPS) is 11.0. The summed E-state index contributed by atoms with van der Waals surface area (Å²) in [6.07, 6.45) is 3.66. The molecule has 0 radical (unpaired) electrons. The fourth-order valence-corrected chi connectivity index (χ4v) is 2.59. The zero-order valence-electron chi connectivity index (χ0n) is 12.5. The molecule has 0 saturated carbocycles. The van der Waals surface area contributed by atoms with Crippen molar-refractivity contribution >= 4 is 15.9 Å². The minimum Gasteiger partial charge on any atom is -0.441 e. The van der Waals surface area contributed by atoms with E-state index in [9.17, 15) is 0 Å². The molecule has 0 spiro atoms. The maximum atomic E-state index is 5.84. The third-order valence-electron chi connectivity index (χ3n) is 3.23. The van der Waals surface area contributed by atoms with Gasteiger partial charge in [0.15, 0.2) is 11.7 Å². The molecule has 0 saturated heterocycles. The van der Waals surface area contributed by atoms with Crippen molar-refractivity contribution in [1.82, 2.24) is 10.3 Å². The van der Waals surface area contributed by atoms with Crippen LogP contribution in [0.2, 0.25) is 0 Å². The van der Waals surface area contributed by atoms with Gasteiger partial charge in [-0.3, -0.25) is 0 Å². The highest BCUT2D eigenvalue weighted by atomic mass is 79.9. The second-order valence-electron chi connectivity index (χ2n) is 4.92. The fourth-order valence-electron chi connectivity index (χ4n) is 2.12. The number of nitrogens with zero attached hydrogens (tertiary/aromatic N) is 1. The van der Waals surface area contributed by atoms with Gasteiger partial charge in [-0.2, -0.15) is 0 Å². The zero-order chi connectivity index (χ0) is 15.1. The number of aromatic nitrogens is 1. The number of hydrogen-bond acceptors (Lipinski definition) is 4. The number of halogens is 1. The Hall–Kier alpha value is -1.17. The highest BCUT2D eigenvalue weighted by molar-refractivity contribution is 9.10. The van der Waals surface area contributed by atoms with E-state index in [-0.39, 0.29) is 0 Å². The van der Waals surface area contributed by atoms with E-state index in [1.165, 1.54) is 5.56 Å². The van der Waals surface area contributed by atoms with Crippen molar-refractivity contribution in [2.45, 2.75) is 19.8 Å².